The summed E-state index contributed by atoms with van der Waals surface area (Å²) in [6.45, 7) is 3.08. The first kappa shape index (κ1) is 13.8. The maximum Gasteiger partial charge on any atom is 0.237 e. The Morgan fingerprint density at radius 3 is 2.67 bits per heavy atom. The molecule has 0 aliphatic heterocycles. The molecule has 0 unspecified atom stereocenters. The van der Waals surface area contributed by atoms with Crippen LogP contribution in [0.1, 0.15) is 31.1 Å². The molecular formula is C11H14ClNO3S2. The molecule has 1 aliphatic carbocycles. The van der Waals surface area contributed by atoms with Gasteiger partial charge in [-0.1, -0.05) is 11.6 Å². The summed E-state index contributed by atoms with van der Waals surface area (Å²) >= 11 is 7.27. The largest absolute Gasteiger partial charge is 0.274 e. The van der Waals surface area contributed by atoms with E-state index in [0.29, 0.717) is 10.8 Å². The van der Waals surface area contributed by atoms with Crippen LogP contribution in [0.25, 0.3) is 0 Å². The lowest BCUT2D eigenvalue weighted by molar-refractivity contribution is -0.120. The van der Waals surface area contributed by atoms with E-state index < -0.39 is 21.2 Å². The van der Waals surface area contributed by atoms with Crippen molar-refractivity contribution in [3.8, 4) is 0 Å². The topological polar surface area (TPSA) is 63.2 Å². The minimum Gasteiger partial charge on any atom is -0.274 e. The van der Waals surface area contributed by atoms with Crippen LogP contribution in [0.4, 0.5) is 0 Å². The number of halogens is 1. The predicted molar refractivity (Wildman–Crippen MR) is 72.4 cm³/mol. The maximum atomic E-state index is 11.8. The van der Waals surface area contributed by atoms with Crippen LogP contribution in [0.3, 0.4) is 0 Å². The molecule has 1 aromatic rings. The molecule has 1 amide bonds. The number of amides is 1. The third kappa shape index (κ3) is 2.87. The molecule has 1 N–H and O–H groups in total. The number of carbonyl (C=O) groups excluding carboxylic acids is 1. The SMILES string of the molecule is CC(C)S(=O)(=O)NC(=O)[C@@H]1C[C@H]1c1ccc(Cl)s1. The molecule has 1 fully saturated rings. The van der Waals surface area contributed by atoms with Crippen LogP contribution in [0.5, 0.6) is 0 Å². The Hall–Kier alpha value is -0.590. The van der Waals surface area contributed by atoms with Crippen LogP contribution in [-0.4, -0.2) is 19.6 Å². The number of sulfonamides is 1. The van der Waals surface area contributed by atoms with E-state index in [9.17, 15) is 13.2 Å². The van der Waals surface area contributed by atoms with Gasteiger partial charge in [0.1, 0.15) is 0 Å². The number of thiophene rings is 1. The van der Waals surface area contributed by atoms with Crippen molar-refractivity contribution in [1.29, 1.82) is 0 Å². The molecule has 18 heavy (non-hydrogen) atoms. The number of rotatable bonds is 4. The number of carbonyl (C=O) groups is 1. The van der Waals surface area contributed by atoms with Crippen LogP contribution in [0.2, 0.25) is 4.34 Å². The van der Waals surface area contributed by atoms with E-state index in [1.165, 1.54) is 11.3 Å². The van der Waals surface area contributed by atoms with E-state index in [4.69, 9.17) is 11.6 Å². The highest BCUT2D eigenvalue weighted by Crippen LogP contribution is 2.50. The summed E-state index contributed by atoms with van der Waals surface area (Å²) in [6.07, 6.45) is 0.691. The average molecular weight is 308 g/mol. The van der Waals surface area contributed by atoms with Gasteiger partial charge in [0.05, 0.1) is 9.59 Å². The molecule has 100 valence electrons. The van der Waals surface area contributed by atoms with Gasteiger partial charge in [0.25, 0.3) is 0 Å². The highest BCUT2D eigenvalue weighted by molar-refractivity contribution is 7.90. The smallest absolute Gasteiger partial charge is 0.237 e. The second kappa shape index (κ2) is 4.83. The maximum absolute atomic E-state index is 11.8. The zero-order valence-corrected chi connectivity index (χ0v) is 12.4. The fraction of sp³-hybridized carbons (Fsp3) is 0.545. The first-order valence-corrected chi connectivity index (χ1v) is 8.36. The third-order valence-electron chi connectivity index (χ3n) is 2.95. The Morgan fingerprint density at radius 2 is 2.17 bits per heavy atom. The van der Waals surface area contributed by atoms with Crippen molar-refractivity contribution in [3.05, 3.63) is 21.3 Å². The van der Waals surface area contributed by atoms with Crippen molar-refractivity contribution in [2.45, 2.75) is 31.4 Å². The summed E-state index contributed by atoms with van der Waals surface area (Å²) in [6, 6.07) is 3.68. The van der Waals surface area contributed by atoms with E-state index in [-0.39, 0.29) is 11.8 Å². The summed E-state index contributed by atoms with van der Waals surface area (Å²) in [5.74, 6) is -0.531. The lowest BCUT2D eigenvalue weighted by atomic mass is 10.2. The van der Waals surface area contributed by atoms with Crippen LogP contribution in [0.15, 0.2) is 12.1 Å². The monoisotopic (exact) mass is 307 g/mol. The van der Waals surface area contributed by atoms with Gasteiger partial charge in [-0.2, -0.15) is 0 Å². The summed E-state index contributed by atoms with van der Waals surface area (Å²) in [5, 5.41) is -0.602. The molecular weight excluding hydrogens is 294 g/mol. The molecule has 7 heteroatoms. The molecule has 0 spiro atoms. The third-order valence-corrected chi connectivity index (χ3v) is 6.04. The highest BCUT2D eigenvalue weighted by Gasteiger charge is 2.46. The van der Waals surface area contributed by atoms with Crippen molar-refractivity contribution in [2.24, 2.45) is 5.92 Å². The van der Waals surface area contributed by atoms with Crippen molar-refractivity contribution in [2.75, 3.05) is 0 Å². The van der Waals surface area contributed by atoms with Gasteiger partial charge in [-0.15, -0.1) is 11.3 Å². The van der Waals surface area contributed by atoms with Gasteiger partial charge in [-0.3, -0.25) is 9.52 Å². The molecule has 0 radical (unpaired) electrons. The molecule has 4 nitrogen and oxygen atoms in total. The lowest BCUT2D eigenvalue weighted by Gasteiger charge is -2.08. The first-order valence-electron chi connectivity index (χ1n) is 5.62. The lowest BCUT2D eigenvalue weighted by Crippen LogP contribution is -2.36. The van der Waals surface area contributed by atoms with Crippen molar-refractivity contribution in [3.63, 3.8) is 0 Å². The van der Waals surface area contributed by atoms with Crippen LogP contribution >= 0.6 is 22.9 Å². The Labute approximate surface area is 115 Å². The molecule has 1 aliphatic rings. The van der Waals surface area contributed by atoms with Gasteiger partial charge in [0.2, 0.25) is 15.9 Å². The van der Waals surface area contributed by atoms with Crippen LogP contribution in [-0.2, 0) is 14.8 Å². The van der Waals surface area contributed by atoms with Crippen molar-refractivity contribution < 1.29 is 13.2 Å². The van der Waals surface area contributed by atoms with Crippen LogP contribution in [0, 0.1) is 5.92 Å². The van der Waals surface area contributed by atoms with Gasteiger partial charge in [0, 0.05) is 16.7 Å². The second-order valence-corrected chi connectivity index (χ2v) is 8.63. The summed E-state index contributed by atoms with van der Waals surface area (Å²) in [7, 11) is -3.53. The molecule has 0 bridgehead atoms. The molecule has 1 aromatic heterocycles. The van der Waals surface area contributed by atoms with Crippen molar-refractivity contribution >= 4 is 38.9 Å². The quantitative estimate of drug-likeness (QED) is 0.929. The van der Waals surface area contributed by atoms with Crippen LogP contribution < -0.4 is 4.72 Å². The van der Waals surface area contributed by atoms with E-state index in [1.54, 1.807) is 19.9 Å². The van der Waals surface area contributed by atoms with Gasteiger partial charge in [0.15, 0.2) is 0 Å². The van der Waals surface area contributed by atoms with Crippen molar-refractivity contribution in [1.82, 2.24) is 4.72 Å². The predicted octanol–water partition coefficient (Wildman–Crippen LogP) is 2.36. The highest BCUT2D eigenvalue weighted by atomic mass is 35.5. The Morgan fingerprint density at radius 1 is 1.50 bits per heavy atom. The van der Waals surface area contributed by atoms with Gasteiger partial charge < -0.3 is 0 Å². The molecule has 0 saturated heterocycles. The van der Waals surface area contributed by atoms with E-state index >= 15 is 0 Å². The fourth-order valence-electron chi connectivity index (χ4n) is 1.66. The molecule has 1 heterocycles. The zero-order chi connectivity index (χ0) is 13.5. The second-order valence-electron chi connectivity index (χ2n) is 4.65. The fourth-order valence-corrected chi connectivity index (χ4v) is 3.57. The Bertz CT molecular complexity index is 565. The van der Waals surface area contributed by atoms with E-state index in [0.717, 1.165) is 4.88 Å². The average Bonchev–Trinajstić information content (AvgIpc) is 2.94. The standard InChI is InChI=1S/C11H14ClNO3S2/c1-6(2)18(15,16)13-11(14)8-5-7(8)9-3-4-10(12)17-9/h3-4,6-8H,5H2,1-2H3,(H,13,14)/t7-,8-/m1/s1. The molecule has 2 rings (SSSR count). The Kier molecular flexibility index (Phi) is 3.71. The van der Waals surface area contributed by atoms with E-state index in [2.05, 4.69) is 4.72 Å². The van der Waals surface area contributed by atoms with Gasteiger partial charge in [-0.25, -0.2) is 8.42 Å². The minimum absolute atomic E-state index is 0.116. The normalized spacial score (nSPS) is 23.1. The first-order chi connectivity index (χ1) is 8.31. The van der Waals surface area contributed by atoms with Gasteiger partial charge in [-0.05, 0) is 32.4 Å². The number of hydrogen-bond acceptors (Lipinski definition) is 4. The summed E-state index contributed by atoms with van der Waals surface area (Å²) < 4.78 is 26.0. The Balaban J connectivity index is 1.98. The summed E-state index contributed by atoms with van der Waals surface area (Å²) in [4.78, 5) is 12.8. The number of nitrogens with one attached hydrogen (secondary N) is 1. The molecule has 1 saturated carbocycles. The zero-order valence-electron chi connectivity index (χ0n) is 10.0. The minimum atomic E-state index is -3.53. The number of hydrogen-bond donors (Lipinski definition) is 1. The molecule has 0 aromatic carbocycles. The van der Waals surface area contributed by atoms with Gasteiger partial charge >= 0.3 is 0 Å². The molecule has 2 atom stereocenters. The van der Waals surface area contributed by atoms with E-state index in [1.807, 2.05) is 6.07 Å². The summed E-state index contributed by atoms with van der Waals surface area (Å²) in [5.41, 5.74) is 0.